The van der Waals surface area contributed by atoms with Crippen molar-refractivity contribution in [3.63, 3.8) is 0 Å². The number of rotatable bonds is 5. The van der Waals surface area contributed by atoms with Crippen LogP contribution in [0.5, 0.6) is 0 Å². The smallest absolute Gasteiger partial charge is 0.431 e. The fourth-order valence-electron chi connectivity index (χ4n) is 5.03. The summed E-state index contributed by atoms with van der Waals surface area (Å²) in [5.74, 6) is -14.2. The maximum absolute atomic E-state index is 15.0. The Kier molecular flexibility index (Phi) is 7.54. The van der Waals surface area contributed by atoms with Crippen molar-refractivity contribution < 1.29 is 48.6 Å². The van der Waals surface area contributed by atoms with Crippen molar-refractivity contribution in [3.05, 3.63) is 82.2 Å². The van der Waals surface area contributed by atoms with E-state index in [4.69, 9.17) is 0 Å². The second kappa shape index (κ2) is 10.2. The van der Waals surface area contributed by atoms with Gasteiger partial charge in [0, 0.05) is 24.8 Å². The second-order valence-electron chi connectivity index (χ2n) is 9.58. The van der Waals surface area contributed by atoms with E-state index < -0.39 is 95.3 Å². The van der Waals surface area contributed by atoms with Crippen molar-refractivity contribution in [1.82, 2.24) is 0 Å². The van der Waals surface area contributed by atoms with Crippen molar-refractivity contribution in [2.24, 2.45) is 23.7 Å². The van der Waals surface area contributed by atoms with E-state index in [1.54, 1.807) is 6.92 Å². The molecule has 0 radical (unpaired) electrons. The maximum atomic E-state index is 15.0. The van der Waals surface area contributed by atoms with Crippen LogP contribution in [0.25, 0.3) is 0 Å². The molecule has 0 fully saturated rings. The highest BCUT2D eigenvalue weighted by Crippen LogP contribution is 2.48. The van der Waals surface area contributed by atoms with Crippen LogP contribution in [0.15, 0.2) is 82.2 Å². The van der Waals surface area contributed by atoms with Crippen LogP contribution in [0.1, 0.15) is 32.6 Å². The van der Waals surface area contributed by atoms with E-state index in [2.05, 4.69) is 4.74 Å². The fraction of sp³-hybridized carbons (Fsp3) is 0.462. The van der Waals surface area contributed by atoms with E-state index in [1.165, 1.54) is 6.08 Å². The minimum Gasteiger partial charge on any atom is -0.433 e. The van der Waals surface area contributed by atoms with Gasteiger partial charge in [-0.2, -0.15) is 8.78 Å². The number of hydrogen-bond acceptors (Lipinski definition) is 1. The molecule has 0 heterocycles. The molecule has 6 atom stereocenters. The standard InChI is InChI=1S/C26H22F10O/c1-11-2-3-15(16(27)4-11)12-5-17(28)23(18(29)6-12)13-7-19(30)24(20(31)8-13)26(35,36)37-14-9-21(32)25(34)22(33)10-14/h4-7,9,11,13,15,17,22-23H,2-3,8,10H2,1H3/t11?,13-,15?,17+,22?,23?/m1/s1. The molecule has 0 aromatic carbocycles. The van der Waals surface area contributed by atoms with E-state index in [0.29, 0.717) is 18.9 Å². The molecular weight excluding hydrogens is 518 g/mol. The minimum atomic E-state index is -4.76. The Labute approximate surface area is 206 Å². The third-order valence-corrected chi connectivity index (χ3v) is 6.88. The monoisotopic (exact) mass is 540 g/mol. The van der Waals surface area contributed by atoms with Crippen LogP contribution in [-0.2, 0) is 4.74 Å². The first-order chi connectivity index (χ1) is 17.3. The molecule has 0 aliphatic heterocycles. The topological polar surface area (TPSA) is 9.23 Å². The summed E-state index contributed by atoms with van der Waals surface area (Å²) in [5, 5.41) is 0. The summed E-state index contributed by atoms with van der Waals surface area (Å²) < 4.78 is 147. The molecule has 0 saturated carbocycles. The largest absolute Gasteiger partial charge is 0.433 e. The van der Waals surface area contributed by atoms with Gasteiger partial charge in [-0.3, -0.25) is 0 Å². The van der Waals surface area contributed by atoms with E-state index in [-0.39, 0.29) is 17.6 Å². The lowest BCUT2D eigenvalue weighted by molar-refractivity contribution is -0.186. The van der Waals surface area contributed by atoms with Gasteiger partial charge in [0.1, 0.15) is 40.8 Å². The van der Waals surface area contributed by atoms with Gasteiger partial charge in [0.15, 0.2) is 17.8 Å². The highest BCUT2D eigenvalue weighted by Gasteiger charge is 2.48. The van der Waals surface area contributed by atoms with Gasteiger partial charge in [-0.15, -0.1) is 0 Å². The molecule has 202 valence electrons. The molecule has 4 rings (SSSR count). The number of hydrogen-bond donors (Lipinski definition) is 0. The van der Waals surface area contributed by atoms with Crippen LogP contribution >= 0.6 is 0 Å². The molecule has 37 heavy (non-hydrogen) atoms. The van der Waals surface area contributed by atoms with E-state index in [9.17, 15) is 39.5 Å². The zero-order valence-electron chi connectivity index (χ0n) is 19.4. The zero-order valence-corrected chi connectivity index (χ0v) is 19.4. The highest BCUT2D eigenvalue weighted by molar-refractivity contribution is 5.41. The second-order valence-corrected chi connectivity index (χ2v) is 9.58. The summed E-state index contributed by atoms with van der Waals surface area (Å²) >= 11 is 0. The van der Waals surface area contributed by atoms with Crippen molar-refractivity contribution in [2.75, 3.05) is 0 Å². The summed E-state index contributed by atoms with van der Waals surface area (Å²) in [7, 11) is 0. The molecule has 1 nitrogen and oxygen atoms in total. The van der Waals surface area contributed by atoms with Gasteiger partial charge in [-0.05, 0) is 54.6 Å². The minimum absolute atomic E-state index is 0.0333. The Morgan fingerprint density at radius 1 is 0.865 bits per heavy atom. The lowest BCUT2D eigenvalue weighted by Crippen LogP contribution is -2.32. The SMILES string of the molecule is CC1C=C(F)C(C2=C[C@H](F)C([C@@H]3C=C(F)C(C(F)(F)OC4=CC(F)=C(F)C(F)C4)=C(F)C3)C(F)=C2)CC1. The van der Waals surface area contributed by atoms with Crippen LogP contribution in [0.4, 0.5) is 43.9 Å². The summed E-state index contributed by atoms with van der Waals surface area (Å²) in [6.07, 6.45) is -6.96. The Hall–Kier alpha value is -2.72. The third kappa shape index (κ3) is 5.45. The molecule has 4 aliphatic carbocycles. The molecule has 4 unspecified atom stereocenters. The molecule has 11 heteroatoms. The fourth-order valence-corrected chi connectivity index (χ4v) is 5.03. The van der Waals surface area contributed by atoms with E-state index in [0.717, 1.165) is 12.2 Å². The number of allylic oxidation sites excluding steroid dienone is 12. The lowest BCUT2D eigenvalue weighted by Gasteiger charge is -2.33. The summed E-state index contributed by atoms with van der Waals surface area (Å²) in [6.45, 7) is 1.79. The number of halogens is 10. The van der Waals surface area contributed by atoms with E-state index in [1.807, 2.05) is 0 Å². The molecule has 0 aromatic heterocycles. The van der Waals surface area contributed by atoms with Crippen LogP contribution in [-0.4, -0.2) is 18.5 Å². The quantitative estimate of drug-likeness (QED) is 0.316. The normalized spacial score (nSPS) is 33.4. The predicted molar refractivity (Wildman–Crippen MR) is 115 cm³/mol. The van der Waals surface area contributed by atoms with Crippen molar-refractivity contribution in [2.45, 2.75) is 51.1 Å². The van der Waals surface area contributed by atoms with Crippen LogP contribution < -0.4 is 0 Å². The number of ether oxygens (including phenoxy) is 1. The molecule has 0 amide bonds. The molecule has 0 saturated heterocycles. The van der Waals surface area contributed by atoms with Gasteiger partial charge in [0.25, 0.3) is 0 Å². The molecule has 0 spiro atoms. The third-order valence-electron chi connectivity index (χ3n) is 6.88. The Balaban J connectivity index is 1.53. The van der Waals surface area contributed by atoms with Gasteiger partial charge in [-0.25, -0.2) is 35.1 Å². The molecule has 0 aromatic rings. The Bertz CT molecular complexity index is 1170. The summed E-state index contributed by atoms with van der Waals surface area (Å²) in [6, 6.07) is 0. The molecule has 0 N–H and O–H groups in total. The molecular formula is C26H22F10O. The highest BCUT2D eigenvalue weighted by atomic mass is 19.3. The average Bonchev–Trinajstić information content (AvgIpc) is 2.76. The first-order valence-electron chi connectivity index (χ1n) is 11.6. The summed E-state index contributed by atoms with van der Waals surface area (Å²) in [4.78, 5) is 0. The first-order valence-corrected chi connectivity index (χ1v) is 11.6. The van der Waals surface area contributed by atoms with Gasteiger partial charge in [0.2, 0.25) is 0 Å². The molecule has 0 bridgehead atoms. The number of alkyl halides is 4. The lowest BCUT2D eigenvalue weighted by atomic mass is 9.75. The van der Waals surface area contributed by atoms with E-state index >= 15 is 4.39 Å². The first kappa shape index (κ1) is 27.3. The Morgan fingerprint density at radius 2 is 1.57 bits per heavy atom. The average molecular weight is 540 g/mol. The molecule has 4 aliphatic rings. The Morgan fingerprint density at radius 3 is 2.16 bits per heavy atom. The van der Waals surface area contributed by atoms with Gasteiger partial charge >= 0.3 is 6.11 Å². The van der Waals surface area contributed by atoms with Crippen molar-refractivity contribution >= 4 is 0 Å². The predicted octanol–water partition coefficient (Wildman–Crippen LogP) is 9.12. The van der Waals surface area contributed by atoms with Crippen LogP contribution in [0.3, 0.4) is 0 Å². The van der Waals surface area contributed by atoms with Crippen LogP contribution in [0.2, 0.25) is 0 Å². The van der Waals surface area contributed by atoms with Gasteiger partial charge in [-0.1, -0.05) is 6.92 Å². The van der Waals surface area contributed by atoms with Crippen molar-refractivity contribution in [3.8, 4) is 0 Å². The summed E-state index contributed by atoms with van der Waals surface area (Å²) in [5.41, 5.74) is -1.85. The van der Waals surface area contributed by atoms with Crippen LogP contribution in [0, 0.1) is 23.7 Å². The van der Waals surface area contributed by atoms with Gasteiger partial charge < -0.3 is 4.74 Å². The van der Waals surface area contributed by atoms with Crippen molar-refractivity contribution in [1.29, 1.82) is 0 Å². The maximum Gasteiger partial charge on any atom is 0.431 e. The van der Waals surface area contributed by atoms with Gasteiger partial charge in [0.05, 0.1) is 5.92 Å². The zero-order chi connectivity index (χ0) is 27.2.